The van der Waals surface area contributed by atoms with Crippen molar-refractivity contribution < 1.29 is 0 Å². The molecule has 0 spiro atoms. The largest absolute Gasteiger partial charge is 0.240 e. The van der Waals surface area contributed by atoms with E-state index in [2.05, 4.69) is 37.6 Å². The summed E-state index contributed by atoms with van der Waals surface area (Å²) < 4.78 is 1.16. The first-order chi connectivity index (χ1) is 10.4. The zero-order valence-corrected chi connectivity index (χ0v) is 14.0. The Labute approximate surface area is 137 Å². The van der Waals surface area contributed by atoms with E-state index in [9.17, 15) is 0 Å². The second-order valence-electron chi connectivity index (χ2n) is 4.26. The lowest BCUT2D eigenvalue weighted by atomic mass is 10.4. The Balaban J connectivity index is 1.53. The van der Waals surface area contributed by atoms with Crippen LogP contribution in [-0.2, 0) is 5.75 Å². The van der Waals surface area contributed by atoms with Crippen molar-refractivity contribution in [3.8, 4) is 10.6 Å². The van der Waals surface area contributed by atoms with Crippen LogP contribution < -0.4 is 0 Å². The number of thioether (sulfide) groups is 1. The summed E-state index contributed by atoms with van der Waals surface area (Å²) in [6.07, 6.45) is 1.63. The number of fused-ring (bicyclic) bond motifs is 1. The molecule has 0 N–H and O–H groups in total. The molecule has 0 unspecified atom stereocenters. The molecular weight excluding hydrogens is 338 g/mol. The van der Waals surface area contributed by atoms with Gasteiger partial charge in [-0.15, -0.1) is 22.7 Å². The van der Waals surface area contributed by atoms with Gasteiger partial charge in [-0.3, -0.25) is 0 Å². The molecule has 0 amide bonds. The number of hydrogen-bond acceptors (Lipinski definition) is 7. The van der Waals surface area contributed by atoms with Crippen molar-refractivity contribution in [2.75, 3.05) is 0 Å². The fraction of sp³-hybridized carbons (Fsp3) is 0.0714. The highest BCUT2D eigenvalue weighted by atomic mass is 32.2. The first kappa shape index (κ1) is 13.4. The highest BCUT2D eigenvalue weighted by Crippen LogP contribution is 2.32. The molecule has 4 aromatic heterocycles. The summed E-state index contributed by atoms with van der Waals surface area (Å²) >= 11 is 6.82. The van der Waals surface area contributed by atoms with Crippen molar-refractivity contribution >= 4 is 56.0 Å². The van der Waals surface area contributed by atoms with Gasteiger partial charge in [0.25, 0.3) is 0 Å². The molecule has 4 rings (SSSR count). The van der Waals surface area contributed by atoms with Crippen LogP contribution in [0.25, 0.3) is 20.8 Å². The maximum atomic E-state index is 4.70. The molecule has 104 valence electrons. The fourth-order valence-electron chi connectivity index (χ4n) is 1.90. The molecule has 0 aliphatic heterocycles. The first-order valence-corrected chi connectivity index (χ1v) is 9.87. The quantitative estimate of drug-likeness (QED) is 0.377. The Morgan fingerprint density at radius 1 is 1.05 bits per heavy atom. The first-order valence-electron chi connectivity index (χ1n) is 6.18. The smallest absolute Gasteiger partial charge is 0.124 e. The van der Waals surface area contributed by atoms with Crippen molar-refractivity contribution in [3.63, 3.8) is 0 Å². The van der Waals surface area contributed by atoms with Crippen LogP contribution in [0.15, 0.2) is 45.0 Å². The average molecular weight is 348 g/mol. The van der Waals surface area contributed by atoms with E-state index in [1.807, 2.05) is 6.07 Å². The van der Waals surface area contributed by atoms with Crippen molar-refractivity contribution in [2.45, 2.75) is 10.8 Å². The molecule has 0 aliphatic rings. The Bertz CT molecular complexity index is 863. The lowest BCUT2D eigenvalue weighted by Gasteiger charge is -1.99. The van der Waals surface area contributed by atoms with Gasteiger partial charge in [-0.05, 0) is 22.9 Å². The zero-order chi connectivity index (χ0) is 14.1. The van der Waals surface area contributed by atoms with Crippen LogP contribution in [0.3, 0.4) is 0 Å². The topological polar surface area (TPSA) is 38.7 Å². The Morgan fingerprint density at radius 3 is 2.95 bits per heavy atom. The summed E-state index contributed by atoms with van der Waals surface area (Å²) in [4.78, 5) is 13.4. The van der Waals surface area contributed by atoms with E-state index in [1.165, 1.54) is 5.56 Å². The Morgan fingerprint density at radius 2 is 2.05 bits per heavy atom. The zero-order valence-electron chi connectivity index (χ0n) is 10.7. The Hall–Kier alpha value is -1.28. The average Bonchev–Trinajstić information content (AvgIpc) is 3.23. The minimum atomic E-state index is 0.838. The summed E-state index contributed by atoms with van der Waals surface area (Å²) in [5, 5.41) is 10.5. The van der Waals surface area contributed by atoms with Crippen LogP contribution in [0.1, 0.15) is 5.69 Å². The third-order valence-electron chi connectivity index (χ3n) is 2.89. The Kier molecular flexibility index (Phi) is 3.72. The van der Waals surface area contributed by atoms with E-state index >= 15 is 0 Å². The van der Waals surface area contributed by atoms with Crippen molar-refractivity contribution in [2.24, 2.45) is 0 Å². The van der Waals surface area contributed by atoms with Crippen LogP contribution in [-0.4, -0.2) is 15.0 Å². The summed E-state index contributed by atoms with van der Waals surface area (Å²) in [6, 6.07) is 4.14. The van der Waals surface area contributed by atoms with Crippen LogP contribution in [0.4, 0.5) is 0 Å². The van der Waals surface area contributed by atoms with Crippen LogP contribution >= 0.6 is 45.8 Å². The number of rotatable bonds is 4. The van der Waals surface area contributed by atoms with Gasteiger partial charge in [-0.25, -0.2) is 15.0 Å². The van der Waals surface area contributed by atoms with Gasteiger partial charge in [-0.1, -0.05) is 11.8 Å². The molecule has 0 saturated heterocycles. The summed E-state index contributed by atoms with van der Waals surface area (Å²) in [5.74, 6) is 0.838. The van der Waals surface area contributed by atoms with Crippen molar-refractivity contribution in [3.05, 3.63) is 45.7 Å². The number of thiazole rings is 1. The number of hydrogen-bond donors (Lipinski definition) is 0. The van der Waals surface area contributed by atoms with Crippen LogP contribution in [0, 0.1) is 0 Å². The van der Waals surface area contributed by atoms with E-state index in [4.69, 9.17) is 4.98 Å². The molecule has 4 heterocycles. The molecule has 0 radical (unpaired) electrons. The highest BCUT2D eigenvalue weighted by molar-refractivity contribution is 7.98. The molecule has 21 heavy (non-hydrogen) atoms. The third kappa shape index (κ3) is 2.74. The van der Waals surface area contributed by atoms with Gasteiger partial charge < -0.3 is 0 Å². The predicted molar refractivity (Wildman–Crippen MR) is 92.4 cm³/mol. The molecule has 0 fully saturated rings. The van der Waals surface area contributed by atoms with Gasteiger partial charge in [0.05, 0.1) is 15.9 Å². The SMILES string of the molecule is c1nc(SCc2csc(-c3ccsc3)n2)c2sccc2n1. The second kappa shape index (κ2) is 5.84. The summed E-state index contributed by atoms with van der Waals surface area (Å²) in [5.41, 5.74) is 3.34. The van der Waals surface area contributed by atoms with E-state index in [1.54, 1.807) is 52.1 Å². The van der Waals surface area contributed by atoms with Crippen LogP contribution in [0.5, 0.6) is 0 Å². The normalized spacial score (nSPS) is 11.2. The maximum absolute atomic E-state index is 4.70. The van der Waals surface area contributed by atoms with Crippen molar-refractivity contribution in [1.82, 2.24) is 15.0 Å². The molecule has 0 bridgehead atoms. The van der Waals surface area contributed by atoms with Gasteiger partial charge >= 0.3 is 0 Å². The predicted octanol–water partition coefficient (Wildman–Crippen LogP) is 5.17. The van der Waals surface area contributed by atoms with E-state index in [0.717, 1.165) is 31.7 Å². The van der Waals surface area contributed by atoms with Crippen molar-refractivity contribution in [1.29, 1.82) is 0 Å². The minimum Gasteiger partial charge on any atom is -0.240 e. The minimum absolute atomic E-state index is 0.838. The summed E-state index contributed by atoms with van der Waals surface area (Å²) in [7, 11) is 0. The molecule has 0 aliphatic carbocycles. The molecule has 0 aromatic carbocycles. The lowest BCUT2D eigenvalue weighted by Crippen LogP contribution is -1.85. The standard InChI is InChI=1S/C14H9N3S4/c1-3-18-5-9(1)13-17-10(6-20-13)7-21-14-12-11(2-4-19-12)15-8-16-14/h1-6,8H,7H2. The van der Waals surface area contributed by atoms with E-state index < -0.39 is 0 Å². The number of nitrogens with zero attached hydrogens (tertiary/aromatic N) is 3. The molecule has 7 heteroatoms. The van der Waals surface area contributed by atoms with E-state index in [-0.39, 0.29) is 0 Å². The monoisotopic (exact) mass is 347 g/mol. The van der Waals surface area contributed by atoms with Gasteiger partial charge in [0, 0.05) is 22.1 Å². The second-order valence-corrected chi connectivity index (χ2v) is 7.78. The van der Waals surface area contributed by atoms with E-state index in [0.29, 0.717) is 0 Å². The molecule has 0 atom stereocenters. The summed E-state index contributed by atoms with van der Waals surface area (Å²) in [6.45, 7) is 0. The van der Waals surface area contributed by atoms with Gasteiger partial charge in [0.1, 0.15) is 16.4 Å². The third-order valence-corrected chi connectivity index (χ3v) is 6.57. The van der Waals surface area contributed by atoms with Gasteiger partial charge in [-0.2, -0.15) is 11.3 Å². The maximum Gasteiger partial charge on any atom is 0.124 e. The molecular formula is C14H9N3S4. The number of thiophene rings is 2. The highest BCUT2D eigenvalue weighted by Gasteiger charge is 2.09. The fourth-order valence-corrected chi connectivity index (χ4v) is 5.38. The van der Waals surface area contributed by atoms with Gasteiger partial charge in [0.15, 0.2) is 0 Å². The van der Waals surface area contributed by atoms with Crippen LogP contribution in [0.2, 0.25) is 0 Å². The number of aromatic nitrogens is 3. The molecule has 0 saturated carbocycles. The van der Waals surface area contributed by atoms with Gasteiger partial charge in [0.2, 0.25) is 0 Å². The molecule has 3 nitrogen and oxygen atoms in total. The molecule has 4 aromatic rings. The lowest BCUT2D eigenvalue weighted by molar-refractivity contribution is 1.10.